The van der Waals surface area contributed by atoms with Crippen molar-refractivity contribution < 1.29 is 19.4 Å². The lowest BCUT2D eigenvalue weighted by molar-refractivity contribution is -0.136. The third-order valence-corrected chi connectivity index (χ3v) is 3.54. The minimum absolute atomic E-state index is 0.0697. The number of benzene rings is 1. The average molecular weight is 307 g/mol. The molecule has 0 fully saturated rings. The summed E-state index contributed by atoms with van der Waals surface area (Å²) in [4.78, 5) is 15.1. The molecule has 0 bridgehead atoms. The predicted octanol–water partition coefficient (Wildman–Crippen LogP) is 3.23. The quantitative estimate of drug-likeness (QED) is 0.850. The maximum absolute atomic E-state index is 10.7. The van der Waals surface area contributed by atoms with Crippen LogP contribution in [0.4, 0.5) is 0 Å². The first kappa shape index (κ1) is 15.3. The van der Waals surface area contributed by atoms with Gasteiger partial charge in [0.1, 0.15) is 16.5 Å². The molecule has 1 heterocycles. The van der Waals surface area contributed by atoms with Gasteiger partial charge < -0.3 is 14.6 Å². The molecule has 0 unspecified atom stereocenters. The number of carbonyl (C=O) groups is 1. The van der Waals surface area contributed by atoms with Crippen LogP contribution in [0, 0.1) is 0 Å². The molecule has 0 radical (unpaired) electrons. The zero-order valence-electron chi connectivity index (χ0n) is 12.0. The van der Waals surface area contributed by atoms with Gasteiger partial charge in [-0.3, -0.25) is 4.79 Å². The second-order valence-electron chi connectivity index (χ2n) is 4.22. The summed E-state index contributed by atoms with van der Waals surface area (Å²) < 4.78 is 11.1. The topological polar surface area (TPSA) is 68.7 Å². The molecule has 6 heteroatoms. The van der Waals surface area contributed by atoms with Gasteiger partial charge in [0.2, 0.25) is 0 Å². The average Bonchev–Trinajstić information content (AvgIpc) is 2.88. The Bertz CT molecular complexity index is 624. The molecule has 0 saturated heterocycles. The van der Waals surface area contributed by atoms with E-state index in [1.807, 2.05) is 37.4 Å². The summed E-state index contributed by atoms with van der Waals surface area (Å²) in [5, 5.41) is 11.2. The number of aliphatic carboxylic acids is 1. The molecule has 0 spiro atoms. The Hall–Kier alpha value is -2.08. The number of carboxylic acids is 1. The molecule has 1 N–H and O–H groups in total. The smallest absolute Gasteiger partial charge is 0.310 e. The monoisotopic (exact) mass is 307 g/mol. The lowest BCUT2D eigenvalue weighted by Crippen LogP contribution is -2.00. The SMILES string of the molecule is CCOc1ccc(OCC)c(-c2csc(CC(=O)O)n2)c1. The van der Waals surface area contributed by atoms with Crippen LogP contribution in [0.25, 0.3) is 11.3 Å². The van der Waals surface area contributed by atoms with Crippen molar-refractivity contribution in [2.24, 2.45) is 0 Å². The van der Waals surface area contributed by atoms with E-state index in [1.54, 1.807) is 0 Å². The van der Waals surface area contributed by atoms with Gasteiger partial charge >= 0.3 is 5.97 Å². The summed E-state index contributed by atoms with van der Waals surface area (Å²) in [5.74, 6) is 0.570. The maximum Gasteiger partial charge on any atom is 0.310 e. The molecule has 2 rings (SSSR count). The first-order chi connectivity index (χ1) is 10.1. The molecular formula is C15H17NO4S. The molecule has 5 nitrogen and oxygen atoms in total. The van der Waals surface area contributed by atoms with Gasteiger partial charge in [-0.05, 0) is 32.0 Å². The molecule has 0 aliphatic rings. The van der Waals surface area contributed by atoms with Crippen LogP contribution in [-0.4, -0.2) is 29.3 Å². The summed E-state index contributed by atoms with van der Waals surface area (Å²) in [5.41, 5.74) is 1.52. The van der Waals surface area contributed by atoms with Gasteiger partial charge in [-0.2, -0.15) is 0 Å². The van der Waals surface area contributed by atoms with E-state index in [2.05, 4.69) is 4.98 Å². The van der Waals surface area contributed by atoms with Gasteiger partial charge in [0.05, 0.1) is 25.3 Å². The standard InChI is InChI=1S/C15H17NO4S/c1-3-19-10-5-6-13(20-4-2)11(7-10)12-9-21-14(16-12)8-15(17)18/h5-7,9H,3-4,8H2,1-2H3,(H,17,18). The number of carboxylic acid groups (broad SMARTS) is 1. The molecule has 21 heavy (non-hydrogen) atoms. The maximum atomic E-state index is 10.7. The lowest BCUT2D eigenvalue weighted by Gasteiger charge is -2.11. The van der Waals surface area contributed by atoms with Crippen molar-refractivity contribution in [2.75, 3.05) is 13.2 Å². The third-order valence-electron chi connectivity index (χ3n) is 2.69. The van der Waals surface area contributed by atoms with Crippen molar-refractivity contribution in [1.29, 1.82) is 0 Å². The largest absolute Gasteiger partial charge is 0.494 e. The van der Waals surface area contributed by atoms with Crippen LogP contribution < -0.4 is 9.47 Å². The zero-order valence-corrected chi connectivity index (χ0v) is 12.8. The van der Waals surface area contributed by atoms with E-state index in [1.165, 1.54) is 11.3 Å². The van der Waals surface area contributed by atoms with Crippen LogP contribution in [0.1, 0.15) is 18.9 Å². The molecule has 112 valence electrons. The first-order valence-electron chi connectivity index (χ1n) is 6.70. The Morgan fingerprint density at radius 3 is 2.71 bits per heavy atom. The van der Waals surface area contributed by atoms with E-state index < -0.39 is 5.97 Å². The number of hydrogen-bond donors (Lipinski definition) is 1. The molecule has 1 aromatic carbocycles. The summed E-state index contributed by atoms with van der Waals surface area (Å²) in [6.07, 6.45) is -0.0697. The van der Waals surface area contributed by atoms with Crippen LogP contribution >= 0.6 is 11.3 Å². The highest BCUT2D eigenvalue weighted by Crippen LogP contribution is 2.34. The van der Waals surface area contributed by atoms with E-state index in [0.717, 1.165) is 11.3 Å². The van der Waals surface area contributed by atoms with Crippen molar-refractivity contribution in [3.8, 4) is 22.8 Å². The number of aromatic nitrogens is 1. The Labute approximate surface area is 127 Å². The number of ether oxygens (including phenoxy) is 2. The van der Waals surface area contributed by atoms with Gasteiger partial charge in [-0.1, -0.05) is 0 Å². The molecule has 2 aromatic rings. The van der Waals surface area contributed by atoms with Gasteiger partial charge in [0.15, 0.2) is 0 Å². The van der Waals surface area contributed by atoms with E-state index in [-0.39, 0.29) is 6.42 Å². The van der Waals surface area contributed by atoms with Gasteiger partial charge in [0.25, 0.3) is 0 Å². The van der Waals surface area contributed by atoms with Crippen molar-refractivity contribution >= 4 is 17.3 Å². The van der Waals surface area contributed by atoms with Crippen molar-refractivity contribution in [2.45, 2.75) is 20.3 Å². The molecule has 1 aromatic heterocycles. The Morgan fingerprint density at radius 2 is 2.05 bits per heavy atom. The van der Waals surface area contributed by atoms with Crippen LogP contribution in [-0.2, 0) is 11.2 Å². The number of rotatable bonds is 7. The normalized spacial score (nSPS) is 10.4. The van der Waals surface area contributed by atoms with E-state index in [0.29, 0.717) is 29.7 Å². The van der Waals surface area contributed by atoms with Crippen LogP contribution in [0.2, 0.25) is 0 Å². The lowest BCUT2D eigenvalue weighted by atomic mass is 10.1. The summed E-state index contributed by atoms with van der Waals surface area (Å²) in [6, 6.07) is 5.57. The highest BCUT2D eigenvalue weighted by Gasteiger charge is 2.13. The summed E-state index contributed by atoms with van der Waals surface area (Å²) in [6.45, 7) is 4.96. The fourth-order valence-corrected chi connectivity index (χ4v) is 2.68. The van der Waals surface area contributed by atoms with Crippen molar-refractivity contribution in [3.63, 3.8) is 0 Å². The highest BCUT2D eigenvalue weighted by atomic mass is 32.1. The van der Waals surface area contributed by atoms with E-state index in [4.69, 9.17) is 14.6 Å². The van der Waals surface area contributed by atoms with Crippen LogP contribution in [0.5, 0.6) is 11.5 Å². The second kappa shape index (κ2) is 7.08. The van der Waals surface area contributed by atoms with Crippen molar-refractivity contribution in [3.05, 3.63) is 28.6 Å². The van der Waals surface area contributed by atoms with Gasteiger partial charge in [0, 0.05) is 10.9 Å². The highest BCUT2D eigenvalue weighted by molar-refractivity contribution is 7.10. The summed E-state index contributed by atoms with van der Waals surface area (Å²) >= 11 is 1.33. The molecule has 0 atom stereocenters. The first-order valence-corrected chi connectivity index (χ1v) is 7.58. The van der Waals surface area contributed by atoms with Gasteiger partial charge in [-0.25, -0.2) is 4.98 Å². The van der Waals surface area contributed by atoms with Gasteiger partial charge in [-0.15, -0.1) is 11.3 Å². The Kier molecular flexibility index (Phi) is 5.16. The molecule has 0 saturated carbocycles. The Balaban J connectivity index is 2.36. The minimum Gasteiger partial charge on any atom is -0.494 e. The fourth-order valence-electron chi connectivity index (χ4n) is 1.89. The fraction of sp³-hybridized carbons (Fsp3) is 0.333. The zero-order chi connectivity index (χ0) is 15.2. The van der Waals surface area contributed by atoms with Crippen LogP contribution in [0.3, 0.4) is 0 Å². The van der Waals surface area contributed by atoms with Crippen LogP contribution in [0.15, 0.2) is 23.6 Å². The van der Waals surface area contributed by atoms with E-state index in [9.17, 15) is 4.79 Å². The minimum atomic E-state index is -0.885. The molecule has 0 aliphatic heterocycles. The van der Waals surface area contributed by atoms with Crippen molar-refractivity contribution in [1.82, 2.24) is 4.98 Å². The number of thiazole rings is 1. The molecule has 0 aliphatic carbocycles. The number of nitrogens with zero attached hydrogens (tertiary/aromatic N) is 1. The number of hydrogen-bond acceptors (Lipinski definition) is 5. The second-order valence-corrected chi connectivity index (χ2v) is 5.16. The summed E-state index contributed by atoms with van der Waals surface area (Å²) in [7, 11) is 0. The molecule has 0 amide bonds. The predicted molar refractivity (Wildman–Crippen MR) is 81.2 cm³/mol. The third kappa shape index (κ3) is 3.95. The van der Waals surface area contributed by atoms with E-state index >= 15 is 0 Å². The molecular weight excluding hydrogens is 290 g/mol. The Morgan fingerprint density at radius 1 is 1.29 bits per heavy atom.